The molecule has 0 aliphatic carbocycles. The Morgan fingerprint density at radius 1 is 0.900 bits per heavy atom. The first-order chi connectivity index (χ1) is 14.8. The number of nitrogens with zero attached hydrogens (tertiary/aromatic N) is 2. The summed E-state index contributed by atoms with van der Waals surface area (Å²) in [6, 6.07) is 28.4. The van der Waals surface area contributed by atoms with E-state index in [0.717, 1.165) is 28.8 Å². The quantitative estimate of drug-likeness (QED) is 0.456. The van der Waals surface area contributed by atoms with Crippen molar-refractivity contribution >= 4 is 23.0 Å². The highest BCUT2D eigenvalue weighted by Crippen LogP contribution is 2.16. The molecule has 30 heavy (non-hydrogen) atoms. The predicted octanol–water partition coefficient (Wildman–Crippen LogP) is 5.00. The van der Waals surface area contributed by atoms with E-state index < -0.39 is 0 Å². The van der Waals surface area contributed by atoms with E-state index in [-0.39, 0.29) is 5.91 Å². The number of aryl methyl sites for hydroxylation is 1. The summed E-state index contributed by atoms with van der Waals surface area (Å²) in [4.78, 5) is 17.1. The lowest BCUT2D eigenvalue weighted by molar-refractivity contribution is -0.121. The number of aromatic nitrogens is 2. The summed E-state index contributed by atoms with van der Waals surface area (Å²) < 4.78 is 2.16. The van der Waals surface area contributed by atoms with E-state index in [4.69, 9.17) is 4.98 Å². The minimum Gasteiger partial charge on any atom is -0.349 e. The Kier molecular flexibility index (Phi) is 6.35. The van der Waals surface area contributed by atoms with Gasteiger partial charge in [-0.2, -0.15) is 0 Å². The molecule has 1 N–H and O–H groups in total. The zero-order chi connectivity index (χ0) is 20.6. The number of para-hydroxylation sites is 2. The summed E-state index contributed by atoms with van der Waals surface area (Å²) in [7, 11) is 0. The first-order valence-electron chi connectivity index (χ1n) is 10.3. The summed E-state index contributed by atoms with van der Waals surface area (Å²) in [6.45, 7) is 1.12. The van der Waals surface area contributed by atoms with Crippen LogP contribution in [-0.2, 0) is 24.3 Å². The number of rotatable bonds is 8. The molecule has 4 rings (SSSR count). The van der Waals surface area contributed by atoms with E-state index in [1.54, 1.807) is 0 Å². The molecule has 0 bridgehead atoms. The van der Waals surface area contributed by atoms with Crippen molar-refractivity contribution in [3.63, 3.8) is 0 Å². The molecule has 150 valence electrons. The summed E-state index contributed by atoms with van der Waals surface area (Å²) in [6.07, 6.45) is 5.45. The summed E-state index contributed by atoms with van der Waals surface area (Å²) in [5, 5.41) is 3.03. The molecular weight excluding hydrogens is 370 g/mol. The molecule has 0 unspecified atom stereocenters. The van der Waals surface area contributed by atoms with Gasteiger partial charge in [0.15, 0.2) is 0 Å². The number of fused-ring (bicyclic) bond motifs is 1. The van der Waals surface area contributed by atoms with Gasteiger partial charge >= 0.3 is 0 Å². The summed E-state index contributed by atoms with van der Waals surface area (Å²) in [5.74, 6) is 0.902. The van der Waals surface area contributed by atoms with Crippen molar-refractivity contribution in [1.82, 2.24) is 14.9 Å². The molecule has 1 heterocycles. The second kappa shape index (κ2) is 9.70. The van der Waals surface area contributed by atoms with Crippen LogP contribution in [0.5, 0.6) is 0 Å². The molecule has 0 spiro atoms. The van der Waals surface area contributed by atoms with Crippen molar-refractivity contribution in [3.8, 4) is 0 Å². The largest absolute Gasteiger partial charge is 0.349 e. The maximum absolute atomic E-state index is 12.4. The Hall–Kier alpha value is -3.66. The van der Waals surface area contributed by atoms with Gasteiger partial charge in [0.05, 0.1) is 17.6 Å². The summed E-state index contributed by atoms with van der Waals surface area (Å²) in [5.41, 5.74) is 4.35. The van der Waals surface area contributed by atoms with Crippen LogP contribution in [0.4, 0.5) is 0 Å². The van der Waals surface area contributed by atoms with Crippen LogP contribution >= 0.6 is 0 Å². The molecule has 0 saturated carbocycles. The lowest BCUT2D eigenvalue weighted by Gasteiger charge is -2.08. The number of benzene rings is 3. The number of amides is 1. The zero-order valence-corrected chi connectivity index (χ0v) is 16.9. The van der Waals surface area contributed by atoms with Gasteiger partial charge in [-0.25, -0.2) is 4.98 Å². The highest BCUT2D eigenvalue weighted by Gasteiger charge is 2.11. The standard InChI is InChI=1S/C26H25N3O/c30-26(18-17-22-12-5-2-6-13-22)27-20-25-28-23-15-7-8-16-24(23)29(25)19-9-14-21-10-3-1-4-11-21/h1-16H,17-20H2,(H,27,30)/b14-9+. The van der Waals surface area contributed by atoms with Crippen LogP contribution in [0.3, 0.4) is 0 Å². The van der Waals surface area contributed by atoms with Crippen LogP contribution < -0.4 is 5.32 Å². The van der Waals surface area contributed by atoms with Crippen LogP contribution in [0.25, 0.3) is 17.1 Å². The van der Waals surface area contributed by atoms with Gasteiger partial charge in [0.1, 0.15) is 5.82 Å². The molecule has 4 heteroatoms. The average molecular weight is 396 g/mol. The lowest BCUT2D eigenvalue weighted by Crippen LogP contribution is -2.25. The highest BCUT2D eigenvalue weighted by atomic mass is 16.1. The molecule has 0 atom stereocenters. The highest BCUT2D eigenvalue weighted by molar-refractivity contribution is 5.77. The van der Waals surface area contributed by atoms with E-state index in [1.807, 2.05) is 66.7 Å². The maximum Gasteiger partial charge on any atom is 0.220 e. The number of imidazole rings is 1. The van der Waals surface area contributed by atoms with Crippen LogP contribution in [0.15, 0.2) is 91.0 Å². The monoisotopic (exact) mass is 395 g/mol. The smallest absolute Gasteiger partial charge is 0.220 e. The first kappa shape index (κ1) is 19.6. The molecule has 0 aliphatic heterocycles. The molecule has 3 aromatic carbocycles. The Morgan fingerprint density at radius 3 is 2.40 bits per heavy atom. The average Bonchev–Trinajstić information content (AvgIpc) is 3.15. The van der Waals surface area contributed by atoms with Gasteiger partial charge in [-0.1, -0.05) is 84.9 Å². The minimum absolute atomic E-state index is 0.0392. The number of carbonyl (C=O) groups excluding carboxylic acids is 1. The van der Waals surface area contributed by atoms with Crippen LogP contribution in [0, 0.1) is 0 Å². The fraction of sp³-hybridized carbons (Fsp3) is 0.154. The molecule has 0 radical (unpaired) electrons. The van der Waals surface area contributed by atoms with Crippen molar-refractivity contribution < 1.29 is 4.79 Å². The lowest BCUT2D eigenvalue weighted by atomic mass is 10.1. The van der Waals surface area contributed by atoms with Crippen LogP contribution in [0.1, 0.15) is 23.4 Å². The number of carbonyl (C=O) groups is 1. The van der Waals surface area contributed by atoms with E-state index in [9.17, 15) is 4.79 Å². The molecule has 4 nitrogen and oxygen atoms in total. The van der Waals surface area contributed by atoms with Gasteiger partial charge in [0, 0.05) is 13.0 Å². The van der Waals surface area contributed by atoms with Gasteiger partial charge in [0.2, 0.25) is 5.91 Å². The molecule has 1 amide bonds. The van der Waals surface area contributed by atoms with Gasteiger partial charge in [-0.05, 0) is 29.7 Å². The van der Waals surface area contributed by atoms with Crippen molar-refractivity contribution in [2.45, 2.75) is 25.9 Å². The van der Waals surface area contributed by atoms with Gasteiger partial charge in [0.25, 0.3) is 0 Å². The molecule has 0 saturated heterocycles. The topological polar surface area (TPSA) is 46.9 Å². The van der Waals surface area contributed by atoms with Crippen molar-refractivity contribution in [2.24, 2.45) is 0 Å². The first-order valence-corrected chi connectivity index (χ1v) is 10.3. The maximum atomic E-state index is 12.4. The summed E-state index contributed by atoms with van der Waals surface area (Å²) >= 11 is 0. The van der Waals surface area contributed by atoms with E-state index in [1.165, 1.54) is 5.56 Å². The van der Waals surface area contributed by atoms with Gasteiger partial charge in [-0.3, -0.25) is 4.79 Å². The number of nitrogens with one attached hydrogen (secondary N) is 1. The number of allylic oxidation sites excluding steroid dienone is 1. The Morgan fingerprint density at radius 2 is 1.60 bits per heavy atom. The van der Waals surface area contributed by atoms with E-state index in [0.29, 0.717) is 19.5 Å². The Labute approximate surface area is 176 Å². The fourth-order valence-electron chi connectivity index (χ4n) is 3.49. The molecule has 4 aromatic rings. The van der Waals surface area contributed by atoms with Crippen molar-refractivity contribution in [1.29, 1.82) is 0 Å². The third-order valence-electron chi connectivity index (χ3n) is 5.06. The van der Waals surface area contributed by atoms with Crippen molar-refractivity contribution in [2.75, 3.05) is 0 Å². The van der Waals surface area contributed by atoms with Gasteiger partial charge in [-0.15, -0.1) is 0 Å². The Balaban J connectivity index is 1.43. The zero-order valence-electron chi connectivity index (χ0n) is 16.9. The van der Waals surface area contributed by atoms with Crippen molar-refractivity contribution in [3.05, 3.63) is 108 Å². The Bertz CT molecular complexity index is 1130. The van der Waals surface area contributed by atoms with Gasteiger partial charge < -0.3 is 9.88 Å². The number of hydrogen-bond donors (Lipinski definition) is 1. The molecule has 0 fully saturated rings. The molecule has 0 aliphatic rings. The minimum atomic E-state index is 0.0392. The second-order valence-electron chi connectivity index (χ2n) is 7.20. The normalized spacial score (nSPS) is 11.2. The third-order valence-corrected chi connectivity index (χ3v) is 5.06. The molecule has 1 aromatic heterocycles. The third kappa shape index (κ3) is 5.03. The molecular formula is C26H25N3O. The number of hydrogen-bond acceptors (Lipinski definition) is 2. The van der Waals surface area contributed by atoms with E-state index in [2.05, 4.69) is 40.2 Å². The van der Waals surface area contributed by atoms with Crippen LogP contribution in [0.2, 0.25) is 0 Å². The van der Waals surface area contributed by atoms with Crippen LogP contribution in [-0.4, -0.2) is 15.5 Å². The fourth-order valence-corrected chi connectivity index (χ4v) is 3.49. The van der Waals surface area contributed by atoms with E-state index >= 15 is 0 Å². The second-order valence-corrected chi connectivity index (χ2v) is 7.20. The SMILES string of the molecule is O=C(CCc1ccccc1)NCc1nc2ccccc2n1C/C=C/c1ccccc1. The predicted molar refractivity (Wildman–Crippen MR) is 122 cm³/mol.